The monoisotopic (exact) mass is 840 g/mol. The lowest BCUT2D eigenvalue weighted by Gasteiger charge is -2.19. The van der Waals surface area contributed by atoms with Crippen molar-refractivity contribution in [3.05, 3.63) is 132 Å². The van der Waals surface area contributed by atoms with Crippen molar-refractivity contribution in [3.8, 4) is 0 Å². The number of aromatic nitrogens is 1. The smallest absolute Gasteiger partial charge is 0.323 e. The molecule has 3 rings (SSSR count). The second kappa shape index (κ2) is 27.8. The van der Waals surface area contributed by atoms with Crippen molar-refractivity contribution < 1.29 is 34.0 Å². The predicted molar refractivity (Wildman–Crippen MR) is 241 cm³/mol. The zero-order chi connectivity index (χ0) is 42.7. The summed E-state index contributed by atoms with van der Waals surface area (Å²) in [6, 6.07) is 21.2. The third-order valence-corrected chi connectivity index (χ3v) is 11.0. The van der Waals surface area contributed by atoms with Crippen LogP contribution in [-0.4, -0.2) is 87.2 Å². The summed E-state index contributed by atoms with van der Waals surface area (Å²) in [6.45, 7) is 5.94. The molecule has 0 aliphatic heterocycles. The summed E-state index contributed by atoms with van der Waals surface area (Å²) in [5.74, 6) is -0.434. The van der Waals surface area contributed by atoms with Crippen LogP contribution in [0.3, 0.4) is 0 Å². The molecule has 1 heterocycles. The summed E-state index contributed by atoms with van der Waals surface area (Å²) < 4.78 is 2.12. The number of pyridine rings is 1. The van der Waals surface area contributed by atoms with Crippen molar-refractivity contribution in [1.29, 1.82) is 0 Å². The van der Waals surface area contributed by atoms with Gasteiger partial charge in [0.15, 0.2) is 6.20 Å². The molecule has 1 aromatic heterocycles. The van der Waals surface area contributed by atoms with Crippen molar-refractivity contribution in [3.63, 3.8) is 0 Å². The van der Waals surface area contributed by atoms with Gasteiger partial charge >= 0.3 is 5.97 Å². The number of benzene rings is 2. The number of amides is 2. The first-order valence-corrected chi connectivity index (χ1v) is 21.9. The van der Waals surface area contributed by atoms with Crippen molar-refractivity contribution in [2.45, 2.75) is 32.2 Å². The highest BCUT2D eigenvalue weighted by molar-refractivity contribution is 8.76. The Balaban J connectivity index is 1.24. The Morgan fingerprint density at radius 3 is 1.93 bits per heavy atom. The number of carbonyl (C=O) groups is 4. The number of rotatable bonds is 28. The molecule has 0 saturated carbocycles. The van der Waals surface area contributed by atoms with E-state index in [0.29, 0.717) is 51.9 Å². The Hall–Kier alpha value is -5.73. The third kappa shape index (κ3) is 20.5. The number of carbonyl (C=O) groups excluding carboxylic acids is 3. The van der Waals surface area contributed by atoms with E-state index in [2.05, 4.69) is 27.1 Å². The van der Waals surface area contributed by atoms with Gasteiger partial charge in [0.25, 0.3) is 0 Å². The average molecular weight is 841 g/mol. The molecule has 0 bridgehead atoms. The molecule has 59 heavy (non-hydrogen) atoms. The van der Waals surface area contributed by atoms with Crippen LogP contribution in [0.4, 0.5) is 11.4 Å². The van der Waals surface area contributed by atoms with Gasteiger partial charge < -0.3 is 40.8 Å². The van der Waals surface area contributed by atoms with Gasteiger partial charge in [0.2, 0.25) is 17.5 Å². The molecule has 0 saturated heterocycles. The topological polar surface area (TPSA) is 158 Å². The molecule has 2 aromatic carbocycles. The second-order valence-corrected chi connectivity index (χ2v) is 16.1. The van der Waals surface area contributed by atoms with E-state index in [1.165, 1.54) is 0 Å². The van der Waals surface area contributed by atoms with Crippen molar-refractivity contribution in [2.75, 3.05) is 68.1 Å². The molecule has 0 atom stereocenters. The van der Waals surface area contributed by atoms with E-state index < -0.39 is 11.9 Å². The lowest BCUT2D eigenvalue weighted by molar-refractivity contribution is -0.698. The van der Waals surface area contributed by atoms with E-state index in [4.69, 9.17) is 5.11 Å². The second-order valence-electron chi connectivity index (χ2n) is 13.4. The first kappa shape index (κ1) is 47.6. The fraction of sp³-hybridized carbons (Fsp3) is 0.311. The number of carboxylic acid groups (broad SMARTS) is 2. The first-order valence-electron chi connectivity index (χ1n) is 19.4. The molecular weight excluding hydrogens is 785 g/mol. The quantitative estimate of drug-likeness (QED) is 0.0340. The van der Waals surface area contributed by atoms with Gasteiger partial charge in [-0.1, -0.05) is 76.7 Å². The molecule has 0 unspecified atom stereocenters. The van der Waals surface area contributed by atoms with E-state index in [1.54, 1.807) is 51.6 Å². The molecule has 12 nitrogen and oxygen atoms in total. The zero-order valence-corrected chi connectivity index (χ0v) is 35.5. The minimum absolute atomic E-state index is 0.00653. The number of aliphatic carboxylic acids is 2. The molecule has 0 aliphatic carbocycles. The molecule has 14 heteroatoms. The summed E-state index contributed by atoms with van der Waals surface area (Å²) in [6.07, 6.45) is 19.5. The molecule has 2 amide bonds. The number of nitrogens with zero attached hydrogens (tertiary/aromatic N) is 3. The zero-order valence-electron chi connectivity index (χ0n) is 33.9. The van der Waals surface area contributed by atoms with Crippen LogP contribution in [0.2, 0.25) is 0 Å². The number of carboxylic acids is 2. The summed E-state index contributed by atoms with van der Waals surface area (Å²) in [7, 11) is 6.79. The van der Waals surface area contributed by atoms with Crippen LogP contribution in [0.5, 0.6) is 0 Å². The number of allylic oxidation sites excluding steroid dienone is 5. The standard InChI is InChI=1S/C45H56N6O6S2/c1-4-5-6-11-38(21-15-36-16-22-39(23-17-36)49(2)34-44(54)55)46-27-9-13-42(52)47-28-32-58-59-33-29-48-43(53)14-10-31-51-30-8-7-12-41(51)26-20-37-18-24-40(25-19-37)50(3)35-45(56)57/h4-8,11-12,15-26,30,46H,1,9-10,13-14,27-29,31-35H2,2-3H3,(H3-,47,48,52,53,54,55,56,57)/b6-5-,21-15+,38-11-. The van der Waals surface area contributed by atoms with Gasteiger partial charge in [-0.25, -0.2) is 0 Å². The summed E-state index contributed by atoms with van der Waals surface area (Å²) in [5, 5.41) is 29.2. The van der Waals surface area contributed by atoms with Gasteiger partial charge in [-0.05, 0) is 66.1 Å². The van der Waals surface area contributed by atoms with Crippen molar-refractivity contribution in [1.82, 2.24) is 16.0 Å². The van der Waals surface area contributed by atoms with Gasteiger partial charge in [0.05, 0.1) is 12.5 Å². The minimum atomic E-state index is -1.13. The molecule has 0 fully saturated rings. The number of nitrogens with one attached hydrogen (secondary N) is 3. The maximum absolute atomic E-state index is 12.5. The van der Waals surface area contributed by atoms with Crippen LogP contribution in [0.1, 0.15) is 42.5 Å². The van der Waals surface area contributed by atoms with Crippen molar-refractivity contribution >= 4 is 74.9 Å². The maximum atomic E-state index is 12.5. The van der Waals surface area contributed by atoms with E-state index in [9.17, 15) is 24.3 Å². The number of likely N-dealkylation sites (N-methyl/N-ethyl adjacent to an activating group) is 2. The number of anilines is 2. The Bertz CT molecular complexity index is 1910. The van der Waals surface area contributed by atoms with Crippen LogP contribution in [-0.2, 0) is 25.7 Å². The van der Waals surface area contributed by atoms with Gasteiger partial charge in [-0.15, -0.1) is 0 Å². The molecule has 0 spiro atoms. The van der Waals surface area contributed by atoms with Crippen LogP contribution >= 0.6 is 21.6 Å². The number of hydrogen-bond donors (Lipinski definition) is 4. The fourth-order valence-electron chi connectivity index (χ4n) is 5.53. The van der Waals surface area contributed by atoms with Crippen LogP contribution in [0.15, 0.2) is 116 Å². The van der Waals surface area contributed by atoms with Gasteiger partial charge in [-0.3, -0.25) is 14.4 Å². The SMILES string of the molecule is C=C\C=C/C=C(/C=C/c1ccc(N(C)CC(=O)[O-])cc1)NCCCC(=O)NCCSSCCNC(=O)CCC[n+]1ccccc1/C=C/c1ccc(N(C)CC(=O)O)cc1. The molecule has 0 radical (unpaired) electrons. The first-order chi connectivity index (χ1) is 28.5. The van der Waals surface area contributed by atoms with Crippen LogP contribution < -0.4 is 35.4 Å². The lowest BCUT2D eigenvalue weighted by Crippen LogP contribution is -2.37. The number of hydrogen-bond acceptors (Lipinski definition) is 10. The van der Waals surface area contributed by atoms with E-state index in [0.717, 1.165) is 45.4 Å². The Morgan fingerprint density at radius 1 is 0.746 bits per heavy atom. The molecule has 0 aliphatic rings. The molecule has 314 valence electrons. The van der Waals surface area contributed by atoms with Gasteiger partial charge in [0.1, 0.15) is 13.1 Å². The largest absolute Gasteiger partial charge is 0.548 e. The highest BCUT2D eigenvalue weighted by Crippen LogP contribution is 2.19. The molecule has 3 aromatic rings. The Morgan fingerprint density at radius 2 is 1.34 bits per heavy atom. The maximum Gasteiger partial charge on any atom is 0.323 e. The van der Waals surface area contributed by atoms with Crippen molar-refractivity contribution in [2.24, 2.45) is 0 Å². The predicted octanol–water partition coefficient (Wildman–Crippen LogP) is 4.95. The molecular formula is C45H56N6O6S2. The average Bonchev–Trinajstić information content (AvgIpc) is 3.21. The normalized spacial score (nSPS) is 11.5. The highest BCUT2D eigenvalue weighted by atomic mass is 33.1. The molecule has 4 N–H and O–H groups in total. The fourth-order valence-corrected chi connectivity index (χ4v) is 7.35. The van der Waals surface area contributed by atoms with E-state index in [-0.39, 0.29) is 24.9 Å². The number of aryl methyl sites for hydroxylation is 1. The summed E-state index contributed by atoms with van der Waals surface area (Å²) in [4.78, 5) is 50.0. The summed E-state index contributed by atoms with van der Waals surface area (Å²) in [5.41, 5.74) is 5.47. The minimum Gasteiger partial charge on any atom is -0.548 e. The van der Waals surface area contributed by atoms with Gasteiger partial charge in [0, 0.05) is 99.8 Å². The summed E-state index contributed by atoms with van der Waals surface area (Å²) >= 11 is 0. The highest BCUT2D eigenvalue weighted by Gasteiger charge is 2.10. The third-order valence-electron chi connectivity index (χ3n) is 8.62. The van der Waals surface area contributed by atoms with Crippen LogP contribution in [0.25, 0.3) is 18.2 Å². The Kier molecular flexibility index (Phi) is 22.5. The van der Waals surface area contributed by atoms with Crippen LogP contribution in [0, 0.1) is 0 Å². The Labute approximate surface area is 356 Å². The lowest BCUT2D eigenvalue weighted by atomic mass is 10.1. The van der Waals surface area contributed by atoms with Gasteiger partial charge in [-0.2, -0.15) is 4.57 Å². The van der Waals surface area contributed by atoms with E-state index in [1.807, 2.05) is 115 Å². The van der Waals surface area contributed by atoms with E-state index >= 15 is 0 Å².